The van der Waals surface area contributed by atoms with E-state index < -0.39 is 29.9 Å². The first kappa shape index (κ1) is 46.0. The SMILES string of the molecule is CCOC(=O)c1ccccc1NC(=O)C1c2ccccc2C(=O)N(CCOC)C1c1cccs1.COCCN1C(=O)c2ccccc2C(C(=O)Nc2cccc(C#N)c2)C1c1cccs1. The summed E-state index contributed by atoms with van der Waals surface area (Å²) in [6.45, 7) is 3.39. The molecule has 13 nitrogen and oxygen atoms in total. The number of carbonyl (C=O) groups excluding carboxylic acids is 5. The maximum atomic E-state index is 13.9. The van der Waals surface area contributed by atoms with Crippen molar-refractivity contribution in [2.75, 3.05) is 57.8 Å². The van der Waals surface area contributed by atoms with Gasteiger partial charge in [0.05, 0.1) is 66.6 Å². The average Bonchev–Trinajstić information content (AvgIpc) is 4.08. The van der Waals surface area contributed by atoms with E-state index in [1.54, 1.807) is 97.7 Å². The minimum atomic E-state index is -0.681. The molecule has 0 bridgehead atoms. The van der Waals surface area contributed by atoms with E-state index in [2.05, 4.69) is 16.7 Å². The number of thiophene rings is 2. The van der Waals surface area contributed by atoms with Crippen LogP contribution in [0.5, 0.6) is 0 Å². The molecule has 2 N–H and O–H groups in total. The lowest BCUT2D eigenvalue weighted by Gasteiger charge is -2.41. The molecule has 4 aromatic carbocycles. The van der Waals surface area contributed by atoms with Gasteiger partial charge in [0, 0.05) is 53.9 Å². The molecular weight excluding hydrogens is 863 g/mol. The Morgan fingerprint density at radius 2 is 1.18 bits per heavy atom. The highest BCUT2D eigenvalue weighted by Gasteiger charge is 2.46. The van der Waals surface area contributed by atoms with Crippen molar-refractivity contribution in [3.05, 3.63) is 175 Å². The van der Waals surface area contributed by atoms with Crippen LogP contribution in [-0.2, 0) is 23.8 Å². The molecular formula is C50H47N5O8S2. The number of methoxy groups -OCH3 is 2. The minimum Gasteiger partial charge on any atom is -0.462 e. The van der Waals surface area contributed by atoms with Crippen LogP contribution in [0.3, 0.4) is 0 Å². The summed E-state index contributed by atoms with van der Waals surface area (Å²) in [6.07, 6.45) is 0. The van der Waals surface area contributed by atoms with Crippen molar-refractivity contribution < 1.29 is 38.2 Å². The van der Waals surface area contributed by atoms with E-state index in [9.17, 15) is 29.2 Å². The van der Waals surface area contributed by atoms with Crippen molar-refractivity contribution in [1.29, 1.82) is 5.26 Å². The Labute approximate surface area is 385 Å². The first-order valence-corrected chi connectivity index (χ1v) is 22.7. The third-order valence-electron chi connectivity index (χ3n) is 11.1. The largest absolute Gasteiger partial charge is 0.462 e. The maximum Gasteiger partial charge on any atom is 0.340 e. The lowest BCUT2D eigenvalue weighted by Crippen LogP contribution is -2.47. The van der Waals surface area contributed by atoms with Gasteiger partial charge >= 0.3 is 5.97 Å². The second-order valence-corrected chi connectivity index (χ2v) is 16.9. The number of benzene rings is 4. The molecule has 4 amide bonds. The van der Waals surface area contributed by atoms with Crippen molar-refractivity contribution in [1.82, 2.24) is 9.80 Å². The van der Waals surface area contributed by atoms with Crippen LogP contribution in [0.1, 0.15) is 88.4 Å². The molecule has 4 atom stereocenters. The molecule has 2 aliphatic rings. The van der Waals surface area contributed by atoms with Gasteiger partial charge in [0.2, 0.25) is 11.8 Å². The van der Waals surface area contributed by atoms with Crippen molar-refractivity contribution in [3.63, 3.8) is 0 Å². The zero-order chi connectivity index (χ0) is 45.9. The summed E-state index contributed by atoms with van der Waals surface area (Å²) in [7, 11) is 3.17. The van der Waals surface area contributed by atoms with Crippen LogP contribution in [0.25, 0.3) is 0 Å². The Morgan fingerprint density at radius 3 is 1.69 bits per heavy atom. The number of nitriles is 1. The number of esters is 1. The van der Waals surface area contributed by atoms with Crippen LogP contribution in [0.4, 0.5) is 11.4 Å². The second kappa shape index (κ2) is 21.6. The quantitative estimate of drug-likeness (QED) is 0.102. The number of para-hydroxylation sites is 1. The van der Waals surface area contributed by atoms with Gasteiger partial charge in [-0.25, -0.2) is 4.79 Å². The molecule has 4 unspecified atom stereocenters. The number of nitrogens with zero attached hydrogens (tertiary/aromatic N) is 3. The molecule has 2 aliphatic heterocycles. The number of anilines is 2. The highest BCUT2D eigenvalue weighted by atomic mass is 32.1. The monoisotopic (exact) mass is 909 g/mol. The van der Waals surface area contributed by atoms with Gasteiger partial charge < -0.3 is 34.6 Å². The van der Waals surface area contributed by atoms with Gasteiger partial charge in [-0.3, -0.25) is 19.2 Å². The topological polar surface area (TPSA) is 167 Å². The van der Waals surface area contributed by atoms with Crippen LogP contribution in [0.15, 0.2) is 132 Å². The fraction of sp³-hybridized carbons (Fsp3) is 0.240. The zero-order valence-electron chi connectivity index (χ0n) is 36.0. The van der Waals surface area contributed by atoms with E-state index in [-0.39, 0.29) is 35.8 Å². The van der Waals surface area contributed by atoms with Gasteiger partial charge in [-0.2, -0.15) is 5.26 Å². The number of carbonyl (C=O) groups is 5. The van der Waals surface area contributed by atoms with Gasteiger partial charge in [0.15, 0.2) is 0 Å². The van der Waals surface area contributed by atoms with Gasteiger partial charge in [-0.15, -0.1) is 22.7 Å². The molecule has 6 aromatic rings. The Balaban J connectivity index is 0.000000195. The molecule has 2 aromatic heterocycles. The molecule has 0 spiro atoms. The molecule has 0 radical (unpaired) electrons. The highest BCUT2D eigenvalue weighted by molar-refractivity contribution is 7.10. The number of hydrogen-bond acceptors (Lipinski definition) is 11. The third-order valence-corrected chi connectivity index (χ3v) is 13.0. The number of amides is 4. The normalized spacial score (nSPS) is 17.4. The summed E-state index contributed by atoms with van der Waals surface area (Å²) in [5, 5.41) is 18.9. The molecule has 4 heterocycles. The third kappa shape index (κ3) is 10.1. The molecule has 15 heteroatoms. The maximum absolute atomic E-state index is 13.9. The van der Waals surface area contributed by atoms with Crippen LogP contribution in [0, 0.1) is 11.3 Å². The minimum absolute atomic E-state index is 0.110. The van der Waals surface area contributed by atoms with E-state index in [1.807, 2.05) is 65.4 Å². The first-order chi connectivity index (χ1) is 31.7. The Kier molecular flexibility index (Phi) is 15.3. The van der Waals surface area contributed by atoms with Gasteiger partial charge in [0.1, 0.15) is 0 Å². The van der Waals surface area contributed by atoms with Gasteiger partial charge in [0.25, 0.3) is 11.8 Å². The van der Waals surface area contributed by atoms with Gasteiger partial charge in [-0.1, -0.05) is 66.7 Å². The molecule has 8 rings (SSSR count). The predicted molar refractivity (Wildman–Crippen MR) is 249 cm³/mol. The molecule has 0 aliphatic carbocycles. The summed E-state index contributed by atoms with van der Waals surface area (Å²) in [5.41, 5.74) is 4.04. The number of fused-ring (bicyclic) bond motifs is 2. The Morgan fingerprint density at radius 1 is 0.662 bits per heavy atom. The number of rotatable bonds is 14. The van der Waals surface area contributed by atoms with Crippen LogP contribution >= 0.6 is 22.7 Å². The van der Waals surface area contributed by atoms with Crippen LogP contribution in [-0.4, -0.2) is 86.5 Å². The van der Waals surface area contributed by atoms with E-state index in [0.717, 1.165) is 9.75 Å². The molecule has 65 heavy (non-hydrogen) atoms. The standard InChI is InChI=1S/C26H26N2O5S.C24H21N3O3S/c1-3-33-26(31)19-11-6-7-12-20(19)27-24(29)22-17-9-4-5-10-18(17)25(30)28(14-15-32-2)23(22)21-13-8-16-34-21;1-30-12-11-27-22(20-10-5-13-31-20)21(18-8-2-3-9-19(18)24(27)29)23(28)26-17-7-4-6-16(14-17)15-25/h4-13,16,22-23H,3,14-15H2,1-2H3,(H,27,29);2-10,13-14,21-22H,11-12H2,1H3,(H,26,28). The van der Waals surface area contributed by atoms with Crippen molar-refractivity contribution in [2.45, 2.75) is 30.8 Å². The fourth-order valence-electron chi connectivity index (χ4n) is 8.25. The van der Waals surface area contributed by atoms with Crippen molar-refractivity contribution >= 4 is 63.6 Å². The number of hydrogen-bond donors (Lipinski definition) is 2. The Hall–Kier alpha value is -6.96. The Bertz CT molecular complexity index is 2680. The predicted octanol–water partition coefficient (Wildman–Crippen LogP) is 8.68. The zero-order valence-corrected chi connectivity index (χ0v) is 37.6. The summed E-state index contributed by atoms with van der Waals surface area (Å²) in [5.74, 6) is -2.57. The van der Waals surface area contributed by atoms with E-state index in [1.165, 1.54) is 22.7 Å². The summed E-state index contributed by atoms with van der Waals surface area (Å²) >= 11 is 3.02. The molecule has 0 saturated heterocycles. The van der Waals surface area contributed by atoms with Crippen molar-refractivity contribution in [3.8, 4) is 6.07 Å². The summed E-state index contributed by atoms with van der Waals surface area (Å²) in [6, 6.07) is 36.9. The smallest absolute Gasteiger partial charge is 0.340 e. The summed E-state index contributed by atoms with van der Waals surface area (Å²) in [4.78, 5) is 72.0. The first-order valence-electron chi connectivity index (χ1n) is 20.9. The second-order valence-electron chi connectivity index (χ2n) is 15.0. The lowest BCUT2D eigenvalue weighted by molar-refractivity contribution is -0.120. The lowest BCUT2D eigenvalue weighted by atomic mass is 9.81. The molecule has 0 fully saturated rings. The average molecular weight is 910 g/mol. The van der Waals surface area contributed by atoms with E-state index in [0.29, 0.717) is 65.5 Å². The summed E-state index contributed by atoms with van der Waals surface area (Å²) < 4.78 is 15.7. The highest BCUT2D eigenvalue weighted by Crippen LogP contribution is 2.46. The number of nitrogens with one attached hydrogen (secondary N) is 2. The molecule has 332 valence electrons. The van der Waals surface area contributed by atoms with Crippen molar-refractivity contribution in [2.24, 2.45) is 0 Å². The van der Waals surface area contributed by atoms with Crippen LogP contribution < -0.4 is 10.6 Å². The van der Waals surface area contributed by atoms with Crippen LogP contribution in [0.2, 0.25) is 0 Å². The molecule has 0 saturated carbocycles. The van der Waals surface area contributed by atoms with E-state index >= 15 is 0 Å². The van der Waals surface area contributed by atoms with E-state index in [4.69, 9.17) is 14.2 Å². The number of ether oxygens (including phenoxy) is 3. The van der Waals surface area contributed by atoms with Gasteiger partial charge in [-0.05, 0) is 83.4 Å². The fourth-order valence-corrected chi connectivity index (χ4v) is 10.00.